The molecule has 0 saturated carbocycles. The fourth-order valence-corrected chi connectivity index (χ4v) is 3.36. The van der Waals surface area contributed by atoms with Crippen LogP contribution in [0, 0.1) is 5.82 Å². The highest BCUT2D eigenvalue weighted by Crippen LogP contribution is 2.33. The summed E-state index contributed by atoms with van der Waals surface area (Å²) in [5.41, 5.74) is 3.27. The van der Waals surface area contributed by atoms with Crippen LogP contribution < -0.4 is 0 Å². The molecular weight excluding hydrogens is 333 g/mol. The molecule has 4 aromatic heterocycles. The van der Waals surface area contributed by atoms with Crippen LogP contribution in [-0.4, -0.2) is 24.3 Å². The molecule has 0 unspecified atom stereocenters. The molecule has 7 heteroatoms. The van der Waals surface area contributed by atoms with Gasteiger partial charge in [0, 0.05) is 49.0 Å². The fourth-order valence-electron chi connectivity index (χ4n) is 3.36. The molecule has 0 amide bonds. The number of hydrogen-bond acceptors (Lipinski definition) is 4. The number of nitrogens with zero attached hydrogens (tertiary/aromatic N) is 5. The Balaban J connectivity index is 1.68. The molecular formula is C19H14FN5O. The van der Waals surface area contributed by atoms with Gasteiger partial charge in [-0.3, -0.25) is 0 Å². The van der Waals surface area contributed by atoms with Gasteiger partial charge in [0.05, 0.1) is 11.1 Å². The molecule has 0 atom stereocenters. The third kappa shape index (κ3) is 2.07. The molecule has 0 aliphatic carbocycles. The lowest BCUT2D eigenvalue weighted by Gasteiger charge is -1.95. The van der Waals surface area contributed by atoms with Crippen LogP contribution in [0.1, 0.15) is 0 Å². The molecule has 128 valence electrons. The van der Waals surface area contributed by atoms with Crippen LogP contribution in [0.15, 0.2) is 53.3 Å². The van der Waals surface area contributed by atoms with Gasteiger partial charge in [-0.05, 0) is 30.3 Å². The molecule has 0 aliphatic rings. The second-order valence-electron chi connectivity index (χ2n) is 6.26. The van der Waals surface area contributed by atoms with Crippen LogP contribution >= 0.6 is 0 Å². The summed E-state index contributed by atoms with van der Waals surface area (Å²) in [7, 11) is 3.82. The molecule has 0 fully saturated rings. The third-order valence-corrected chi connectivity index (χ3v) is 4.57. The van der Waals surface area contributed by atoms with Crippen molar-refractivity contribution in [3.63, 3.8) is 0 Å². The second kappa shape index (κ2) is 5.26. The minimum atomic E-state index is -0.301. The quantitative estimate of drug-likeness (QED) is 0.485. The molecule has 1 aromatic carbocycles. The summed E-state index contributed by atoms with van der Waals surface area (Å²) < 4.78 is 23.5. The average Bonchev–Trinajstić information content (AvgIpc) is 3.32. The molecule has 5 rings (SSSR count). The molecule has 26 heavy (non-hydrogen) atoms. The lowest BCUT2D eigenvalue weighted by molar-refractivity contribution is 0.585. The topological polar surface area (TPSA) is 61.7 Å². The van der Waals surface area contributed by atoms with Crippen LogP contribution in [0.4, 0.5) is 4.39 Å². The predicted molar refractivity (Wildman–Crippen MR) is 95.9 cm³/mol. The molecule has 6 nitrogen and oxygen atoms in total. The number of aryl methyl sites for hydroxylation is 2. The lowest BCUT2D eigenvalue weighted by atomic mass is 10.2. The van der Waals surface area contributed by atoms with E-state index in [9.17, 15) is 4.39 Å². The minimum absolute atomic E-state index is 0.301. The molecule has 0 bridgehead atoms. The maximum absolute atomic E-state index is 13.7. The number of rotatable bonds is 2. The summed E-state index contributed by atoms with van der Waals surface area (Å²) in [5, 5.41) is 10.1. The highest BCUT2D eigenvalue weighted by atomic mass is 19.1. The van der Waals surface area contributed by atoms with Gasteiger partial charge in [0.2, 0.25) is 11.8 Å². The number of pyridine rings is 1. The molecule has 4 heterocycles. The first kappa shape index (κ1) is 14.8. The van der Waals surface area contributed by atoms with Gasteiger partial charge in [0.15, 0.2) is 0 Å². The Bertz CT molecular complexity index is 1280. The summed E-state index contributed by atoms with van der Waals surface area (Å²) >= 11 is 0. The van der Waals surface area contributed by atoms with Gasteiger partial charge in [0.25, 0.3) is 0 Å². The van der Waals surface area contributed by atoms with E-state index in [1.807, 2.05) is 47.8 Å². The Morgan fingerprint density at radius 3 is 2.46 bits per heavy atom. The monoisotopic (exact) mass is 347 g/mol. The Kier molecular flexibility index (Phi) is 3.00. The normalized spacial score (nSPS) is 11.7. The van der Waals surface area contributed by atoms with Gasteiger partial charge >= 0.3 is 0 Å². The van der Waals surface area contributed by atoms with E-state index in [4.69, 9.17) is 4.42 Å². The molecule has 0 saturated heterocycles. The van der Waals surface area contributed by atoms with E-state index in [-0.39, 0.29) is 5.82 Å². The van der Waals surface area contributed by atoms with E-state index in [1.165, 1.54) is 12.1 Å². The largest absolute Gasteiger partial charge is 0.416 e. The van der Waals surface area contributed by atoms with Crippen LogP contribution in [0.3, 0.4) is 0 Å². The summed E-state index contributed by atoms with van der Waals surface area (Å²) in [5.74, 6) is 0.467. The number of halogens is 1. The Morgan fingerprint density at radius 2 is 1.65 bits per heavy atom. The van der Waals surface area contributed by atoms with E-state index in [0.29, 0.717) is 17.3 Å². The second-order valence-corrected chi connectivity index (χ2v) is 6.26. The Hall–Kier alpha value is -3.48. The van der Waals surface area contributed by atoms with Crippen molar-refractivity contribution in [2.24, 2.45) is 14.1 Å². The van der Waals surface area contributed by atoms with Crippen molar-refractivity contribution in [3.05, 3.63) is 54.7 Å². The Labute approximate surface area is 147 Å². The van der Waals surface area contributed by atoms with Crippen molar-refractivity contribution in [1.29, 1.82) is 0 Å². The van der Waals surface area contributed by atoms with Crippen molar-refractivity contribution < 1.29 is 8.81 Å². The van der Waals surface area contributed by atoms with Crippen LogP contribution in [0.25, 0.3) is 44.8 Å². The highest BCUT2D eigenvalue weighted by molar-refractivity contribution is 5.95. The van der Waals surface area contributed by atoms with Crippen LogP contribution in [0.2, 0.25) is 0 Å². The first-order chi connectivity index (χ1) is 12.6. The molecule has 0 N–H and O–H groups in total. The zero-order valence-corrected chi connectivity index (χ0v) is 14.1. The number of hydrogen-bond donors (Lipinski definition) is 0. The SMILES string of the molecule is Cn1cc(-c2nnc(-c3cn(C)c4ncccc34)o2)c2cc(F)ccc21. The maximum atomic E-state index is 13.7. The van der Waals surface area contributed by atoms with Crippen molar-refractivity contribution >= 4 is 21.9 Å². The van der Waals surface area contributed by atoms with Gasteiger partial charge in [-0.2, -0.15) is 0 Å². The average molecular weight is 347 g/mol. The van der Waals surface area contributed by atoms with E-state index >= 15 is 0 Å². The standard InChI is InChI=1S/C19H14FN5O/c1-24-9-15(13-8-11(20)5-6-16(13)24)19-23-22-18(26-19)14-10-25(2)17-12(14)4-3-7-21-17/h3-10H,1-2H3. The van der Waals surface area contributed by atoms with Gasteiger partial charge in [-0.15, -0.1) is 10.2 Å². The van der Waals surface area contributed by atoms with Crippen LogP contribution in [0.5, 0.6) is 0 Å². The van der Waals surface area contributed by atoms with E-state index in [0.717, 1.165) is 27.5 Å². The fraction of sp³-hybridized carbons (Fsp3) is 0.105. The van der Waals surface area contributed by atoms with Gasteiger partial charge < -0.3 is 13.6 Å². The highest BCUT2D eigenvalue weighted by Gasteiger charge is 2.19. The Morgan fingerprint density at radius 1 is 0.923 bits per heavy atom. The van der Waals surface area contributed by atoms with Crippen molar-refractivity contribution in [2.45, 2.75) is 0 Å². The minimum Gasteiger partial charge on any atom is -0.416 e. The molecule has 0 spiro atoms. The third-order valence-electron chi connectivity index (χ3n) is 4.57. The summed E-state index contributed by atoms with van der Waals surface area (Å²) in [6.07, 6.45) is 5.53. The maximum Gasteiger partial charge on any atom is 0.250 e. The van der Waals surface area contributed by atoms with Crippen LogP contribution in [-0.2, 0) is 14.1 Å². The summed E-state index contributed by atoms with van der Waals surface area (Å²) in [6, 6.07) is 8.50. The van der Waals surface area contributed by atoms with E-state index < -0.39 is 0 Å². The smallest absolute Gasteiger partial charge is 0.250 e. The summed E-state index contributed by atoms with van der Waals surface area (Å²) in [6.45, 7) is 0. The molecule has 0 radical (unpaired) electrons. The van der Waals surface area contributed by atoms with Crippen molar-refractivity contribution in [2.75, 3.05) is 0 Å². The van der Waals surface area contributed by atoms with Crippen molar-refractivity contribution in [1.82, 2.24) is 24.3 Å². The van der Waals surface area contributed by atoms with E-state index in [2.05, 4.69) is 15.2 Å². The lowest BCUT2D eigenvalue weighted by Crippen LogP contribution is -1.85. The van der Waals surface area contributed by atoms with Crippen molar-refractivity contribution in [3.8, 4) is 22.9 Å². The molecule has 5 aromatic rings. The van der Waals surface area contributed by atoms with Gasteiger partial charge in [0.1, 0.15) is 11.5 Å². The first-order valence-electron chi connectivity index (χ1n) is 8.11. The zero-order valence-electron chi connectivity index (χ0n) is 14.1. The predicted octanol–water partition coefficient (Wildman–Crippen LogP) is 3.92. The number of fused-ring (bicyclic) bond motifs is 2. The first-order valence-corrected chi connectivity index (χ1v) is 8.11. The van der Waals surface area contributed by atoms with Gasteiger partial charge in [-0.25, -0.2) is 9.37 Å². The summed E-state index contributed by atoms with van der Waals surface area (Å²) in [4.78, 5) is 4.37. The van der Waals surface area contributed by atoms with Gasteiger partial charge in [-0.1, -0.05) is 0 Å². The van der Waals surface area contributed by atoms with E-state index in [1.54, 1.807) is 12.3 Å². The molecule has 0 aliphatic heterocycles. The zero-order chi connectivity index (χ0) is 17.8. The number of benzene rings is 1. The number of aromatic nitrogens is 5.